The number of hydrogen-bond donors (Lipinski definition) is 2. The Morgan fingerprint density at radius 3 is 2.46 bits per heavy atom. The van der Waals surface area contributed by atoms with Gasteiger partial charge in [-0.3, -0.25) is 0 Å². The lowest BCUT2D eigenvalue weighted by Gasteiger charge is -2.36. The standard InChI is InChI=1S/C30H34F2N4O3S2/c1-20-34-27(19-39-20)22-9-11-23(12-10-22)41(37,38)36-16-13-21(14-17-36)18-29(2,40)35-28-25-6-4-8-26(30(3,31)32)24(25)7-5-15-33-28/h4-6,8-12,15,19,21,40H,7,13-14,16-18H2,1-3H3,(H,33,35)/t29-/m1/s1. The SMILES string of the molecule is Cc1nc(-c2ccc(S(=O)(=O)N3CCC(C[C@@](C)(S)NC4=NC=CCc5c4cccc5C(C)(F)F)CC3)cc2)co1. The maximum Gasteiger partial charge on any atom is 0.270 e. The van der Waals surface area contributed by atoms with E-state index in [1.54, 1.807) is 61.9 Å². The van der Waals surface area contributed by atoms with E-state index in [2.05, 4.69) is 15.3 Å². The predicted octanol–water partition coefficient (Wildman–Crippen LogP) is 6.30. The summed E-state index contributed by atoms with van der Waals surface area (Å²) >= 11 is 4.89. The highest BCUT2D eigenvalue weighted by atomic mass is 32.2. The largest absolute Gasteiger partial charge is 0.449 e. The smallest absolute Gasteiger partial charge is 0.270 e. The van der Waals surface area contributed by atoms with E-state index in [1.165, 1.54) is 10.4 Å². The minimum Gasteiger partial charge on any atom is -0.449 e. The Morgan fingerprint density at radius 1 is 1.12 bits per heavy atom. The molecule has 0 radical (unpaired) electrons. The van der Waals surface area contributed by atoms with Gasteiger partial charge in [-0.15, -0.1) is 0 Å². The van der Waals surface area contributed by atoms with Crippen molar-refractivity contribution in [1.82, 2.24) is 14.6 Å². The van der Waals surface area contributed by atoms with Gasteiger partial charge in [-0.25, -0.2) is 27.2 Å². The molecular weight excluding hydrogens is 566 g/mol. The van der Waals surface area contributed by atoms with Crippen molar-refractivity contribution in [1.29, 1.82) is 0 Å². The van der Waals surface area contributed by atoms with Crippen molar-refractivity contribution in [2.75, 3.05) is 13.1 Å². The minimum atomic E-state index is -3.63. The van der Waals surface area contributed by atoms with Gasteiger partial charge in [-0.05, 0) is 56.2 Å². The predicted molar refractivity (Wildman–Crippen MR) is 159 cm³/mol. The number of alkyl halides is 2. The molecule has 1 fully saturated rings. The molecule has 7 nitrogen and oxygen atoms in total. The Morgan fingerprint density at radius 2 is 1.83 bits per heavy atom. The molecule has 0 amide bonds. The summed E-state index contributed by atoms with van der Waals surface area (Å²) in [5.41, 5.74) is 2.63. The van der Waals surface area contributed by atoms with Crippen molar-refractivity contribution in [2.45, 2.75) is 62.1 Å². The van der Waals surface area contributed by atoms with Gasteiger partial charge >= 0.3 is 0 Å². The number of allylic oxidation sites excluding steroid dienone is 1. The molecule has 218 valence electrons. The summed E-state index contributed by atoms with van der Waals surface area (Å²) in [6.07, 6.45) is 7.33. The Hall–Kier alpha value is -3.02. The van der Waals surface area contributed by atoms with Gasteiger partial charge in [0.25, 0.3) is 5.92 Å². The molecule has 0 bridgehead atoms. The molecular formula is C30H34F2N4O3S2. The number of hydrogen-bond acceptors (Lipinski definition) is 7. The van der Waals surface area contributed by atoms with E-state index in [0.717, 1.165) is 12.5 Å². The van der Waals surface area contributed by atoms with Crippen molar-refractivity contribution >= 4 is 28.5 Å². The lowest BCUT2D eigenvalue weighted by molar-refractivity contribution is 0.0166. The number of thiol groups is 1. The molecule has 5 rings (SSSR count). The third kappa shape index (κ3) is 6.57. The number of amidine groups is 1. The zero-order valence-electron chi connectivity index (χ0n) is 23.3. The number of rotatable bonds is 7. The summed E-state index contributed by atoms with van der Waals surface area (Å²) in [5, 5.41) is 3.38. The van der Waals surface area contributed by atoms with Crippen molar-refractivity contribution in [2.24, 2.45) is 10.9 Å². The second-order valence-electron chi connectivity index (χ2n) is 11.0. The highest BCUT2D eigenvalue weighted by Crippen LogP contribution is 2.35. The average molecular weight is 601 g/mol. The number of fused-ring (bicyclic) bond motifs is 1. The fraction of sp³-hybridized carbons (Fsp3) is 0.400. The molecule has 3 aromatic rings. The van der Waals surface area contributed by atoms with Crippen molar-refractivity contribution in [3.63, 3.8) is 0 Å². The molecule has 1 saturated heterocycles. The average Bonchev–Trinajstić information content (AvgIpc) is 3.26. The van der Waals surface area contributed by atoms with Gasteiger partial charge in [0.05, 0.1) is 9.77 Å². The molecule has 3 heterocycles. The molecule has 0 spiro atoms. The summed E-state index contributed by atoms with van der Waals surface area (Å²) in [5.74, 6) is -1.69. The van der Waals surface area contributed by atoms with Gasteiger partial charge in [0.2, 0.25) is 10.0 Å². The lowest BCUT2D eigenvalue weighted by Crippen LogP contribution is -2.45. The third-order valence-corrected chi connectivity index (χ3v) is 9.80. The van der Waals surface area contributed by atoms with Crippen LogP contribution in [0, 0.1) is 12.8 Å². The molecule has 11 heteroatoms. The fourth-order valence-electron chi connectivity index (χ4n) is 5.57. The van der Waals surface area contributed by atoms with Crippen LogP contribution >= 0.6 is 12.6 Å². The molecule has 2 aliphatic heterocycles. The van der Waals surface area contributed by atoms with Crippen LogP contribution in [0.15, 0.2) is 75.3 Å². The van der Waals surface area contributed by atoms with Crippen molar-refractivity contribution in [3.8, 4) is 11.3 Å². The van der Waals surface area contributed by atoms with E-state index < -0.39 is 20.8 Å². The van der Waals surface area contributed by atoms with Crippen LogP contribution < -0.4 is 5.32 Å². The number of halogens is 2. The first-order valence-corrected chi connectivity index (χ1v) is 15.5. The number of aliphatic imine (C=N–C) groups is 1. The lowest BCUT2D eigenvalue weighted by atomic mass is 9.90. The third-order valence-electron chi connectivity index (χ3n) is 7.59. The molecule has 41 heavy (non-hydrogen) atoms. The number of oxazole rings is 1. The Bertz CT molecular complexity index is 1570. The first-order valence-electron chi connectivity index (χ1n) is 13.6. The molecule has 1 atom stereocenters. The monoisotopic (exact) mass is 600 g/mol. The number of nitrogens with one attached hydrogen (secondary N) is 1. The summed E-state index contributed by atoms with van der Waals surface area (Å²) < 4.78 is 62.1. The first kappa shape index (κ1) is 29.5. The number of sulfonamides is 1. The van der Waals surface area contributed by atoms with Crippen LogP contribution in [0.4, 0.5) is 8.78 Å². The number of benzene rings is 2. The summed E-state index contributed by atoms with van der Waals surface area (Å²) in [4.78, 5) is 8.34. The van der Waals surface area contributed by atoms with Crippen molar-refractivity contribution in [3.05, 3.63) is 83.6 Å². The number of nitrogens with zero attached hydrogens (tertiary/aromatic N) is 3. The van der Waals surface area contributed by atoms with Crippen molar-refractivity contribution < 1.29 is 21.6 Å². The molecule has 2 aliphatic rings. The second kappa shape index (κ2) is 11.3. The van der Waals surface area contributed by atoms with Gasteiger partial charge in [-0.1, -0.05) is 36.4 Å². The van der Waals surface area contributed by atoms with Gasteiger partial charge in [0.15, 0.2) is 5.89 Å². The highest BCUT2D eigenvalue weighted by molar-refractivity contribution is 7.89. The van der Waals surface area contributed by atoms with Gasteiger partial charge in [0, 0.05) is 49.8 Å². The molecule has 1 aromatic heterocycles. The van der Waals surface area contributed by atoms with E-state index in [9.17, 15) is 17.2 Å². The van der Waals surface area contributed by atoms with Gasteiger partial charge in [-0.2, -0.15) is 16.9 Å². The van der Waals surface area contributed by atoms with Crippen LogP contribution in [0.5, 0.6) is 0 Å². The summed E-state index contributed by atoms with van der Waals surface area (Å²) in [6.45, 7) is 5.41. The quantitative estimate of drug-likeness (QED) is 0.245. The molecule has 1 N–H and O–H groups in total. The number of aromatic nitrogens is 1. The molecule has 2 aromatic carbocycles. The van der Waals surface area contributed by atoms with Crippen LogP contribution in [-0.2, 0) is 22.4 Å². The number of piperidine rings is 1. The van der Waals surface area contributed by atoms with E-state index in [-0.39, 0.29) is 16.4 Å². The zero-order valence-corrected chi connectivity index (χ0v) is 25.0. The topological polar surface area (TPSA) is 87.8 Å². The second-order valence-corrected chi connectivity index (χ2v) is 13.9. The van der Waals surface area contributed by atoms with Crippen LogP contribution in [0.25, 0.3) is 11.3 Å². The normalized spacial score (nSPS) is 18.3. The molecule has 0 aliphatic carbocycles. The fourth-order valence-corrected chi connectivity index (χ4v) is 7.41. The first-order chi connectivity index (χ1) is 19.3. The Balaban J connectivity index is 1.22. The minimum absolute atomic E-state index is 0.00613. The summed E-state index contributed by atoms with van der Waals surface area (Å²) in [7, 11) is -3.63. The zero-order chi connectivity index (χ0) is 29.4. The Kier molecular flexibility index (Phi) is 8.15. The number of aryl methyl sites for hydroxylation is 1. The molecule has 0 unspecified atom stereocenters. The van der Waals surface area contributed by atoms with E-state index in [4.69, 9.17) is 17.0 Å². The van der Waals surface area contributed by atoms with Gasteiger partial charge < -0.3 is 9.73 Å². The van der Waals surface area contributed by atoms with Crippen LogP contribution in [0.2, 0.25) is 0 Å². The maximum atomic E-state index is 14.3. The Labute approximate surface area is 245 Å². The van der Waals surface area contributed by atoms with Crippen LogP contribution in [-0.4, -0.2) is 41.5 Å². The van der Waals surface area contributed by atoms with E-state index in [0.29, 0.717) is 67.3 Å². The maximum absolute atomic E-state index is 14.3. The van der Waals surface area contributed by atoms with Crippen LogP contribution in [0.1, 0.15) is 55.7 Å². The van der Waals surface area contributed by atoms with E-state index >= 15 is 0 Å². The van der Waals surface area contributed by atoms with E-state index in [1.807, 2.05) is 6.92 Å². The van der Waals surface area contributed by atoms with Gasteiger partial charge in [0.1, 0.15) is 17.8 Å². The highest BCUT2D eigenvalue weighted by Gasteiger charge is 2.34. The van der Waals surface area contributed by atoms with Crippen LogP contribution in [0.3, 0.4) is 0 Å². The molecule has 0 saturated carbocycles. The summed E-state index contributed by atoms with van der Waals surface area (Å²) in [6, 6.07) is 11.6.